The van der Waals surface area contributed by atoms with E-state index in [9.17, 15) is 4.79 Å². The van der Waals surface area contributed by atoms with Crippen LogP contribution in [-0.4, -0.2) is 31.6 Å². The highest BCUT2D eigenvalue weighted by atomic mass is 16.5. The van der Waals surface area contributed by atoms with Gasteiger partial charge < -0.3 is 19.2 Å². The number of H-pyrrole nitrogens is 1. The summed E-state index contributed by atoms with van der Waals surface area (Å²) in [5.41, 5.74) is 4.34. The number of hydrogen-bond acceptors (Lipinski definition) is 4. The number of Topliss-reactive ketones (excluding diaryl/α,β-unsaturated/α-hetero) is 1. The number of ether oxygens (including phenoxy) is 3. The van der Waals surface area contributed by atoms with Gasteiger partial charge >= 0.3 is 0 Å². The van der Waals surface area contributed by atoms with E-state index in [0.717, 1.165) is 29.3 Å². The summed E-state index contributed by atoms with van der Waals surface area (Å²) in [6.07, 6.45) is 5.78. The van der Waals surface area contributed by atoms with E-state index < -0.39 is 0 Å². The SMILES string of the molecule is CCCCOc1c(OC)cc(C(=O)C(C)=Cc2c[nH]c3cc(C)ccc23)cc1OC. The van der Waals surface area contributed by atoms with Gasteiger partial charge in [-0.3, -0.25) is 4.79 Å². The number of nitrogens with one attached hydrogen (secondary N) is 1. The maximum atomic E-state index is 13.1. The molecule has 0 aliphatic carbocycles. The molecule has 0 bridgehead atoms. The zero-order valence-corrected chi connectivity index (χ0v) is 18.3. The molecule has 5 heteroatoms. The number of methoxy groups -OCH3 is 2. The normalized spacial score (nSPS) is 11.6. The van der Waals surface area contributed by atoms with E-state index in [4.69, 9.17) is 14.2 Å². The molecule has 0 saturated heterocycles. The van der Waals surface area contributed by atoms with Crippen LogP contribution in [0, 0.1) is 6.92 Å². The third-order valence-electron chi connectivity index (χ3n) is 5.07. The molecule has 0 spiro atoms. The van der Waals surface area contributed by atoms with Crippen molar-refractivity contribution in [2.24, 2.45) is 0 Å². The van der Waals surface area contributed by atoms with Crippen molar-refractivity contribution in [1.29, 1.82) is 0 Å². The van der Waals surface area contributed by atoms with Gasteiger partial charge in [0.05, 0.1) is 20.8 Å². The molecule has 1 N–H and O–H groups in total. The van der Waals surface area contributed by atoms with Crippen molar-refractivity contribution in [2.45, 2.75) is 33.6 Å². The first-order valence-electron chi connectivity index (χ1n) is 10.2. The maximum absolute atomic E-state index is 13.1. The lowest BCUT2D eigenvalue weighted by Gasteiger charge is -2.16. The number of carbonyl (C=O) groups excluding carboxylic acids is 1. The second kappa shape index (κ2) is 9.53. The van der Waals surface area contributed by atoms with Crippen LogP contribution in [0.4, 0.5) is 0 Å². The van der Waals surface area contributed by atoms with Crippen LogP contribution in [0.15, 0.2) is 42.1 Å². The first-order valence-corrected chi connectivity index (χ1v) is 10.2. The van der Waals surface area contributed by atoms with Gasteiger partial charge in [-0.15, -0.1) is 0 Å². The van der Waals surface area contributed by atoms with E-state index >= 15 is 0 Å². The van der Waals surface area contributed by atoms with Gasteiger partial charge in [-0.2, -0.15) is 0 Å². The van der Waals surface area contributed by atoms with Gasteiger partial charge in [-0.05, 0) is 55.7 Å². The number of aromatic amines is 1. The number of benzene rings is 2. The molecule has 0 radical (unpaired) electrons. The largest absolute Gasteiger partial charge is 0.493 e. The van der Waals surface area contributed by atoms with Crippen molar-refractivity contribution in [3.8, 4) is 17.2 Å². The Hall–Kier alpha value is -3.21. The quantitative estimate of drug-likeness (QED) is 0.270. The fraction of sp³-hybridized carbons (Fsp3) is 0.320. The van der Waals surface area contributed by atoms with Gasteiger partial charge in [0.15, 0.2) is 17.3 Å². The van der Waals surface area contributed by atoms with Gasteiger partial charge in [0.1, 0.15) is 0 Å². The summed E-state index contributed by atoms with van der Waals surface area (Å²) in [6.45, 7) is 6.54. The minimum absolute atomic E-state index is 0.0897. The number of carbonyl (C=O) groups is 1. The van der Waals surface area contributed by atoms with Gasteiger partial charge in [0.25, 0.3) is 0 Å². The van der Waals surface area contributed by atoms with E-state index in [1.54, 1.807) is 26.4 Å². The Morgan fingerprint density at radius 3 is 2.43 bits per heavy atom. The first kappa shape index (κ1) is 21.5. The predicted molar refractivity (Wildman–Crippen MR) is 121 cm³/mol. The zero-order valence-electron chi connectivity index (χ0n) is 18.3. The minimum Gasteiger partial charge on any atom is -0.493 e. The monoisotopic (exact) mass is 407 g/mol. The number of aromatic nitrogens is 1. The second-order valence-electron chi connectivity index (χ2n) is 7.36. The molecule has 3 aromatic rings. The number of unbranched alkanes of at least 4 members (excludes halogenated alkanes) is 1. The van der Waals surface area contributed by atoms with Gasteiger partial charge in [0.2, 0.25) is 5.75 Å². The van der Waals surface area contributed by atoms with Crippen LogP contribution in [0.3, 0.4) is 0 Å². The Morgan fingerprint density at radius 1 is 1.10 bits per heavy atom. The lowest BCUT2D eigenvalue weighted by Crippen LogP contribution is -2.05. The highest BCUT2D eigenvalue weighted by Gasteiger charge is 2.19. The molecule has 0 saturated carbocycles. The summed E-state index contributed by atoms with van der Waals surface area (Å²) in [5, 5.41) is 1.09. The number of ketones is 1. The Bertz CT molecular complexity index is 1050. The average Bonchev–Trinajstić information content (AvgIpc) is 3.14. The van der Waals surface area contributed by atoms with Gasteiger partial charge in [0, 0.05) is 28.2 Å². The Labute approximate surface area is 177 Å². The van der Waals surface area contributed by atoms with Crippen LogP contribution in [0.5, 0.6) is 17.2 Å². The summed E-state index contributed by atoms with van der Waals surface area (Å²) in [7, 11) is 3.12. The summed E-state index contributed by atoms with van der Waals surface area (Å²) < 4.78 is 16.8. The second-order valence-corrected chi connectivity index (χ2v) is 7.36. The van der Waals surface area contributed by atoms with Crippen LogP contribution in [0.2, 0.25) is 0 Å². The molecule has 2 aromatic carbocycles. The number of allylic oxidation sites excluding steroid dienone is 1. The van der Waals surface area contributed by atoms with E-state index in [0.29, 0.717) is 35.0 Å². The van der Waals surface area contributed by atoms with Crippen molar-refractivity contribution in [3.05, 3.63) is 58.8 Å². The lowest BCUT2D eigenvalue weighted by atomic mass is 10.0. The number of aryl methyl sites for hydroxylation is 1. The minimum atomic E-state index is -0.0897. The standard InChI is InChI=1S/C25H29NO4/c1-6-7-10-30-25-22(28-4)13-18(14-23(25)29-5)24(27)17(3)12-19-15-26-21-11-16(2)8-9-20(19)21/h8-9,11-15,26H,6-7,10H2,1-5H3. The molecule has 0 aliphatic heterocycles. The molecule has 0 fully saturated rings. The molecule has 1 heterocycles. The Balaban J connectivity index is 1.93. The van der Waals surface area contributed by atoms with E-state index in [1.807, 2.05) is 19.2 Å². The summed E-state index contributed by atoms with van der Waals surface area (Å²) in [4.78, 5) is 16.4. The lowest BCUT2D eigenvalue weighted by molar-refractivity contribution is 0.103. The number of fused-ring (bicyclic) bond motifs is 1. The molecule has 0 atom stereocenters. The molecule has 0 unspecified atom stereocenters. The molecule has 0 amide bonds. The summed E-state index contributed by atoms with van der Waals surface area (Å²) in [5.74, 6) is 1.42. The molecular weight excluding hydrogens is 378 g/mol. The Morgan fingerprint density at radius 2 is 1.80 bits per heavy atom. The van der Waals surface area contributed by atoms with Crippen LogP contribution in [-0.2, 0) is 0 Å². The topological polar surface area (TPSA) is 60.5 Å². The van der Waals surface area contributed by atoms with Crippen molar-refractivity contribution < 1.29 is 19.0 Å². The molecule has 1 aromatic heterocycles. The summed E-state index contributed by atoms with van der Waals surface area (Å²) in [6, 6.07) is 9.65. The van der Waals surface area contributed by atoms with E-state index in [2.05, 4.69) is 37.0 Å². The Kier molecular flexibility index (Phi) is 6.83. The number of rotatable bonds is 9. The fourth-order valence-electron chi connectivity index (χ4n) is 3.38. The molecule has 0 aliphatic rings. The molecule has 158 valence electrons. The molecule has 3 rings (SSSR count). The van der Waals surface area contributed by atoms with E-state index in [-0.39, 0.29) is 5.78 Å². The predicted octanol–water partition coefficient (Wildman–Crippen LogP) is 5.96. The fourth-order valence-corrected chi connectivity index (χ4v) is 3.38. The van der Waals surface area contributed by atoms with Crippen molar-refractivity contribution >= 4 is 22.8 Å². The molecular formula is C25H29NO4. The highest BCUT2D eigenvalue weighted by Crippen LogP contribution is 2.39. The summed E-state index contributed by atoms with van der Waals surface area (Å²) >= 11 is 0. The van der Waals surface area contributed by atoms with E-state index in [1.165, 1.54) is 5.56 Å². The molecule has 5 nitrogen and oxygen atoms in total. The first-order chi connectivity index (χ1) is 14.5. The maximum Gasteiger partial charge on any atom is 0.203 e. The average molecular weight is 408 g/mol. The van der Waals surface area contributed by atoms with Crippen LogP contribution < -0.4 is 14.2 Å². The van der Waals surface area contributed by atoms with Gasteiger partial charge in [-0.1, -0.05) is 25.5 Å². The smallest absolute Gasteiger partial charge is 0.203 e. The highest BCUT2D eigenvalue weighted by molar-refractivity contribution is 6.12. The third kappa shape index (κ3) is 4.51. The third-order valence-corrected chi connectivity index (χ3v) is 5.07. The number of hydrogen-bond donors (Lipinski definition) is 1. The van der Waals surface area contributed by atoms with Crippen molar-refractivity contribution in [1.82, 2.24) is 4.98 Å². The van der Waals surface area contributed by atoms with Crippen LogP contribution >= 0.6 is 0 Å². The van der Waals surface area contributed by atoms with Gasteiger partial charge in [-0.25, -0.2) is 0 Å². The van der Waals surface area contributed by atoms with Crippen LogP contribution in [0.1, 0.15) is 48.2 Å². The van der Waals surface area contributed by atoms with Crippen LogP contribution in [0.25, 0.3) is 17.0 Å². The van der Waals surface area contributed by atoms with Crippen molar-refractivity contribution in [2.75, 3.05) is 20.8 Å². The molecule has 30 heavy (non-hydrogen) atoms. The van der Waals surface area contributed by atoms with Crippen molar-refractivity contribution in [3.63, 3.8) is 0 Å². The zero-order chi connectivity index (χ0) is 21.7.